The van der Waals surface area contributed by atoms with E-state index < -0.39 is 80.8 Å². The number of halogens is 2. The summed E-state index contributed by atoms with van der Waals surface area (Å²) in [4.78, 5) is 78.5. The number of ether oxygens (including phenoxy) is 1. The van der Waals surface area contributed by atoms with E-state index in [1.54, 1.807) is 20.8 Å². The van der Waals surface area contributed by atoms with E-state index >= 15 is 0 Å². The second-order valence-corrected chi connectivity index (χ2v) is 13.9. The zero-order valence-corrected chi connectivity index (χ0v) is 24.6. The topological polar surface area (TPSA) is 177 Å². The highest BCUT2D eigenvalue weighted by atomic mass is 35.5. The third kappa shape index (κ3) is 5.61. The van der Waals surface area contributed by atoms with Crippen LogP contribution in [0.1, 0.15) is 59.3 Å². The molecule has 5 N–H and O–H groups in total. The van der Waals surface area contributed by atoms with Crippen LogP contribution >= 0.6 is 23.2 Å². The van der Waals surface area contributed by atoms with Crippen LogP contribution in [0.5, 0.6) is 0 Å². The molecule has 0 aromatic carbocycles. The third-order valence-electron chi connectivity index (χ3n) is 8.58. The van der Waals surface area contributed by atoms with E-state index in [4.69, 9.17) is 33.7 Å². The number of fused-ring (bicyclic) bond motifs is 1. The molecule has 5 amide bonds. The molecule has 1 unspecified atom stereocenters. The quantitative estimate of drug-likeness (QED) is 0.171. The van der Waals surface area contributed by atoms with Gasteiger partial charge in [-0.15, -0.1) is 23.2 Å². The molecule has 1 saturated heterocycles. The number of hydrogen-bond donors (Lipinski definition) is 4. The Hall–Kier alpha value is -2.60. The van der Waals surface area contributed by atoms with Gasteiger partial charge in [-0.05, 0) is 37.0 Å². The minimum atomic E-state index is -1.24. The minimum Gasteiger partial charge on any atom is -0.467 e. The lowest BCUT2D eigenvalue weighted by Gasteiger charge is -2.38. The Morgan fingerprint density at radius 1 is 1.02 bits per heavy atom. The van der Waals surface area contributed by atoms with Gasteiger partial charge in [0.25, 0.3) is 5.91 Å². The largest absolute Gasteiger partial charge is 0.467 e. The SMILES string of the molecule is COC(=O)C1(NC(=O)N[C@H](C(=O)N2C[C@H]3[C@@H]([C@H]2C(=O)NC(C(=O)C(N)=O)C2CC2)C3(Cl)Cl)C(C)(C)C)CCCC1. The number of likely N-dealkylation sites (tertiary alicyclic amines) is 1. The van der Waals surface area contributed by atoms with Crippen molar-refractivity contribution in [3.05, 3.63) is 0 Å². The van der Waals surface area contributed by atoms with Crippen molar-refractivity contribution in [1.29, 1.82) is 0 Å². The number of alkyl halides is 2. The van der Waals surface area contributed by atoms with Crippen molar-refractivity contribution >= 4 is 58.7 Å². The summed E-state index contributed by atoms with van der Waals surface area (Å²) in [7, 11) is 1.26. The number of primary amides is 1. The van der Waals surface area contributed by atoms with E-state index in [0.717, 1.165) is 12.8 Å². The number of esters is 1. The lowest BCUT2D eigenvalue weighted by molar-refractivity contribution is -0.148. The molecule has 1 aliphatic heterocycles. The maximum atomic E-state index is 14.0. The Bertz CT molecular complexity index is 1110. The highest BCUT2D eigenvalue weighted by molar-refractivity contribution is 6.51. The van der Waals surface area contributed by atoms with Crippen molar-refractivity contribution in [3.8, 4) is 0 Å². The van der Waals surface area contributed by atoms with Gasteiger partial charge in [0.1, 0.15) is 28.0 Å². The predicted molar refractivity (Wildman–Crippen MR) is 144 cm³/mol. The van der Waals surface area contributed by atoms with Crippen molar-refractivity contribution in [2.75, 3.05) is 13.7 Å². The molecule has 1 heterocycles. The first kappa shape index (κ1) is 30.4. The summed E-state index contributed by atoms with van der Waals surface area (Å²) in [5.74, 6) is -5.02. The average Bonchev–Trinajstić information content (AvgIpc) is 3.64. The zero-order chi connectivity index (χ0) is 29.8. The number of nitrogens with two attached hydrogens (primary N) is 1. The molecule has 0 aromatic rings. The number of Topliss-reactive ketones (excluding diaryl/α,β-unsaturated/α-hetero) is 1. The monoisotopic (exact) mass is 601 g/mol. The lowest BCUT2D eigenvalue weighted by atomic mass is 9.85. The van der Waals surface area contributed by atoms with E-state index in [0.29, 0.717) is 25.7 Å². The number of piperidine rings is 1. The number of methoxy groups -OCH3 is 1. The van der Waals surface area contributed by atoms with Gasteiger partial charge in [-0.3, -0.25) is 19.2 Å². The van der Waals surface area contributed by atoms with Crippen LogP contribution in [-0.2, 0) is 28.7 Å². The zero-order valence-electron chi connectivity index (χ0n) is 23.1. The highest BCUT2D eigenvalue weighted by Gasteiger charge is 2.74. The van der Waals surface area contributed by atoms with Crippen molar-refractivity contribution in [1.82, 2.24) is 20.9 Å². The number of ketones is 1. The van der Waals surface area contributed by atoms with Crippen LogP contribution < -0.4 is 21.7 Å². The van der Waals surface area contributed by atoms with Gasteiger partial charge in [0, 0.05) is 18.4 Å². The molecule has 40 heavy (non-hydrogen) atoms. The Kier molecular flexibility index (Phi) is 8.09. The molecular weight excluding hydrogens is 565 g/mol. The number of nitrogens with zero attached hydrogens (tertiary/aromatic N) is 1. The predicted octanol–water partition coefficient (Wildman–Crippen LogP) is 0.766. The first-order valence-corrected chi connectivity index (χ1v) is 14.3. The molecule has 4 aliphatic rings. The second-order valence-electron chi connectivity index (χ2n) is 12.5. The number of amides is 5. The normalized spacial score (nSPS) is 27.6. The summed E-state index contributed by atoms with van der Waals surface area (Å²) in [6.07, 6.45) is 3.61. The number of rotatable bonds is 9. The molecule has 4 rings (SSSR count). The fourth-order valence-corrected chi connectivity index (χ4v) is 6.93. The van der Waals surface area contributed by atoms with Crippen molar-refractivity contribution in [3.63, 3.8) is 0 Å². The second kappa shape index (κ2) is 10.7. The summed E-state index contributed by atoms with van der Waals surface area (Å²) >= 11 is 12.9. The minimum absolute atomic E-state index is 0.0639. The molecule has 5 atom stereocenters. The van der Waals surface area contributed by atoms with Crippen LogP contribution in [0, 0.1) is 23.2 Å². The van der Waals surface area contributed by atoms with Gasteiger partial charge in [-0.2, -0.15) is 0 Å². The van der Waals surface area contributed by atoms with Gasteiger partial charge in [-0.1, -0.05) is 33.6 Å². The molecule has 3 saturated carbocycles. The Morgan fingerprint density at radius 3 is 2.12 bits per heavy atom. The number of hydrogen-bond acceptors (Lipinski definition) is 7. The van der Waals surface area contributed by atoms with E-state index in [9.17, 15) is 28.8 Å². The summed E-state index contributed by atoms with van der Waals surface area (Å²) < 4.78 is 3.68. The van der Waals surface area contributed by atoms with Gasteiger partial charge >= 0.3 is 12.0 Å². The van der Waals surface area contributed by atoms with Crippen molar-refractivity contribution < 1.29 is 33.5 Å². The third-order valence-corrected chi connectivity index (χ3v) is 9.64. The van der Waals surface area contributed by atoms with Crippen LogP contribution in [0.15, 0.2) is 0 Å². The number of carbonyl (C=O) groups excluding carboxylic acids is 6. The standard InChI is InChI=1S/C26H37Cl2N5O7/c1-24(2,3)18(31-23(39)32-25(22(38)40-4)9-5-6-10-25)21(37)33-11-13-14(26(13,27)28)16(33)20(36)30-15(12-7-8-12)17(34)19(29)35/h12-16,18H,5-11H2,1-4H3,(H2,29,35)(H,30,36)(H2,31,32,39)/t13-,14-,15?,16-,18+/m0/s1. The summed E-state index contributed by atoms with van der Waals surface area (Å²) in [5, 5.41) is 8.06. The molecular formula is C26H37Cl2N5O7. The van der Waals surface area contributed by atoms with Crippen LogP contribution in [0.25, 0.3) is 0 Å². The van der Waals surface area contributed by atoms with Crippen LogP contribution in [0.4, 0.5) is 4.79 Å². The van der Waals surface area contributed by atoms with E-state index in [1.807, 2.05) is 0 Å². The van der Waals surface area contributed by atoms with Crippen LogP contribution in [0.2, 0.25) is 0 Å². The number of nitrogens with one attached hydrogen (secondary N) is 3. The molecule has 0 spiro atoms. The van der Waals surface area contributed by atoms with E-state index in [2.05, 4.69) is 16.0 Å². The molecule has 4 fully saturated rings. The Balaban J connectivity index is 1.54. The van der Waals surface area contributed by atoms with Crippen LogP contribution in [-0.4, -0.2) is 82.1 Å². The summed E-state index contributed by atoms with van der Waals surface area (Å²) in [6, 6.07) is -4.03. The molecule has 0 aromatic heterocycles. The maximum Gasteiger partial charge on any atom is 0.331 e. The van der Waals surface area contributed by atoms with Crippen molar-refractivity contribution in [2.24, 2.45) is 28.9 Å². The molecule has 222 valence electrons. The van der Waals surface area contributed by atoms with Crippen molar-refractivity contribution in [2.45, 2.75) is 87.3 Å². The average molecular weight is 603 g/mol. The maximum absolute atomic E-state index is 14.0. The summed E-state index contributed by atoms with van der Waals surface area (Å²) in [6.45, 7) is 5.34. The van der Waals surface area contributed by atoms with E-state index in [1.165, 1.54) is 12.0 Å². The summed E-state index contributed by atoms with van der Waals surface area (Å²) in [5.41, 5.74) is 3.22. The molecule has 14 heteroatoms. The fraction of sp³-hybridized carbons (Fsp3) is 0.769. The number of urea groups is 1. The first-order valence-electron chi connectivity index (χ1n) is 13.5. The molecule has 0 bridgehead atoms. The van der Waals surface area contributed by atoms with Crippen LogP contribution in [0.3, 0.4) is 0 Å². The molecule has 3 aliphatic carbocycles. The molecule has 0 radical (unpaired) electrons. The van der Waals surface area contributed by atoms with Gasteiger partial charge in [0.05, 0.1) is 7.11 Å². The van der Waals surface area contributed by atoms with Gasteiger partial charge < -0.3 is 31.3 Å². The smallest absolute Gasteiger partial charge is 0.331 e. The highest BCUT2D eigenvalue weighted by Crippen LogP contribution is 2.65. The van der Waals surface area contributed by atoms with Gasteiger partial charge in [-0.25, -0.2) is 9.59 Å². The Labute approximate surface area is 242 Å². The number of carbonyl (C=O) groups is 6. The first-order chi connectivity index (χ1) is 18.5. The fourth-order valence-electron chi connectivity index (χ4n) is 6.11. The van der Waals surface area contributed by atoms with E-state index in [-0.39, 0.29) is 12.5 Å². The van der Waals surface area contributed by atoms with Gasteiger partial charge in [0.15, 0.2) is 0 Å². The Morgan fingerprint density at radius 2 is 1.62 bits per heavy atom. The lowest BCUT2D eigenvalue weighted by Crippen LogP contribution is -2.63. The molecule has 12 nitrogen and oxygen atoms in total. The van der Waals surface area contributed by atoms with Gasteiger partial charge in [0.2, 0.25) is 17.6 Å².